The van der Waals surface area contributed by atoms with Crippen molar-refractivity contribution in [3.05, 3.63) is 77.5 Å². The zero-order chi connectivity index (χ0) is 28.1. The van der Waals surface area contributed by atoms with Crippen LogP contribution in [0.15, 0.2) is 54.7 Å². The average molecular weight is 615 g/mol. The lowest BCUT2D eigenvalue weighted by Gasteiger charge is -2.52. The fourth-order valence-corrected chi connectivity index (χ4v) is 6.31. The smallest absolute Gasteiger partial charge is 0.141 e. The first-order valence-corrected chi connectivity index (χ1v) is 13.8. The number of rotatable bonds is 6. The van der Waals surface area contributed by atoms with Gasteiger partial charge >= 0.3 is 0 Å². The van der Waals surface area contributed by atoms with Gasteiger partial charge in [-0.3, -0.25) is 9.58 Å². The molecule has 2 aliphatic heterocycles. The number of hydrogen-bond donors (Lipinski definition) is 2. The van der Waals surface area contributed by atoms with Crippen LogP contribution in [0.25, 0.3) is 33.2 Å². The third-order valence-electron chi connectivity index (χ3n) is 8.13. The van der Waals surface area contributed by atoms with Gasteiger partial charge in [-0.15, -0.1) is 24.8 Å². The van der Waals surface area contributed by atoms with E-state index in [0.29, 0.717) is 33.2 Å². The summed E-state index contributed by atoms with van der Waals surface area (Å²) in [6.45, 7) is 8.60. The van der Waals surface area contributed by atoms with Gasteiger partial charge in [-0.1, -0.05) is 18.2 Å². The molecule has 2 N–H and O–H groups in total. The summed E-state index contributed by atoms with van der Waals surface area (Å²) in [6.07, 6.45) is 4.13. The zero-order valence-corrected chi connectivity index (χ0v) is 25.3. The largest absolute Gasteiger partial charge is 0.389 e. The Morgan fingerprint density at radius 3 is 2.48 bits per heavy atom. The van der Waals surface area contributed by atoms with Crippen LogP contribution in [-0.2, 0) is 13.1 Å². The van der Waals surface area contributed by atoms with E-state index < -0.39 is 17.2 Å². The Bertz CT molecular complexity index is 1630. The minimum atomic E-state index is -1.000. The third-order valence-corrected chi connectivity index (χ3v) is 8.13. The van der Waals surface area contributed by atoms with Crippen LogP contribution in [0.1, 0.15) is 37.8 Å². The van der Waals surface area contributed by atoms with Gasteiger partial charge in [-0.2, -0.15) is 10.4 Å². The number of fused-ring (bicyclic) bond motifs is 1. The molecule has 0 aliphatic carbocycles. The normalized spacial score (nSPS) is 16.4. The van der Waals surface area contributed by atoms with Crippen molar-refractivity contribution in [2.45, 2.75) is 45.4 Å². The number of benzene rings is 3. The van der Waals surface area contributed by atoms with Gasteiger partial charge in [0, 0.05) is 48.6 Å². The van der Waals surface area contributed by atoms with E-state index in [2.05, 4.69) is 15.3 Å². The number of likely N-dealkylation sites (tertiary alicyclic amines) is 1. The quantitative estimate of drug-likeness (QED) is 0.266. The van der Waals surface area contributed by atoms with Gasteiger partial charge in [0.15, 0.2) is 0 Å². The van der Waals surface area contributed by atoms with Gasteiger partial charge in [0.05, 0.1) is 29.4 Å². The molecule has 6 nitrogen and oxygen atoms in total. The predicted molar refractivity (Wildman–Crippen MR) is 166 cm³/mol. The van der Waals surface area contributed by atoms with Crippen molar-refractivity contribution in [3.63, 3.8) is 0 Å². The molecule has 0 radical (unpaired) electrons. The number of nitrogens with one attached hydrogen (secondary N) is 1. The van der Waals surface area contributed by atoms with Crippen LogP contribution in [-0.4, -0.2) is 51.6 Å². The number of aromatic nitrogens is 2. The highest BCUT2D eigenvalue weighted by atomic mass is 35.5. The topological polar surface area (TPSA) is 77.1 Å². The zero-order valence-electron chi connectivity index (χ0n) is 23.7. The molecule has 0 amide bonds. The summed E-state index contributed by atoms with van der Waals surface area (Å²) in [4.78, 5) is 2.43. The van der Waals surface area contributed by atoms with Crippen molar-refractivity contribution in [1.29, 1.82) is 5.26 Å². The van der Waals surface area contributed by atoms with Crippen molar-refractivity contribution >= 4 is 35.7 Å². The summed E-state index contributed by atoms with van der Waals surface area (Å²) >= 11 is 0. The fourth-order valence-electron chi connectivity index (χ4n) is 6.31. The molecule has 222 valence electrons. The molecule has 42 heavy (non-hydrogen) atoms. The Morgan fingerprint density at radius 1 is 1.02 bits per heavy atom. The molecule has 6 rings (SSSR count). The lowest BCUT2D eigenvalue weighted by molar-refractivity contribution is -0.0229. The van der Waals surface area contributed by atoms with E-state index in [1.165, 1.54) is 31.0 Å². The van der Waals surface area contributed by atoms with Crippen LogP contribution in [0.3, 0.4) is 0 Å². The van der Waals surface area contributed by atoms with Crippen molar-refractivity contribution in [2.75, 3.05) is 26.2 Å². The highest BCUT2D eigenvalue weighted by Crippen LogP contribution is 2.40. The number of halogens is 4. The molecule has 1 spiro atoms. The van der Waals surface area contributed by atoms with Crippen LogP contribution in [0, 0.1) is 28.4 Å². The Kier molecular flexibility index (Phi) is 9.31. The highest BCUT2D eigenvalue weighted by molar-refractivity contribution is 5.90. The summed E-state index contributed by atoms with van der Waals surface area (Å²) in [5, 5.41) is 28.1. The Morgan fingerprint density at radius 2 is 1.81 bits per heavy atom. The van der Waals surface area contributed by atoms with E-state index in [1.54, 1.807) is 36.9 Å². The Balaban J connectivity index is 0.00000202. The van der Waals surface area contributed by atoms with Gasteiger partial charge in [0.2, 0.25) is 0 Å². The minimum Gasteiger partial charge on any atom is -0.389 e. The standard InChI is InChI=1S/C32H33F2N5O.2ClH/c1-31(2,40)18-39-30-13-29(34)27(11-24(30)15-37-39)25-7-4-21(16-38-19-32(20-38)8-3-9-36-17-32)10-26(25)22-5-6-23(14-35)28(33)12-22;;/h4-7,10-13,15,36,40H,3,8-9,16-20H2,1-2H3;2*1H. The second kappa shape index (κ2) is 12.3. The molecule has 4 aromatic rings. The number of piperidine rings is 1. The van der Waals surface area contributed by atoms with Crippen LogP contribution in [0.5, 0.6) is 0 Å². The fraction of sp³-hybridized carbons (Fsp3) is 0.375. The number of nitrogens with zero attached hydrogens (tertiary/aromatic N) is 4. The minimum absolute atomic E-state index is 0. The number of hydrogen-bond acceptors (Lipinski definition) is 5. The molecule has 3 aromatic carbocycles. The SMILES string of the molecule is CC(C)(O)Cn1ncc2cc(-c3ccc(CN4CC5(CCCNC5)C4)cc3-c3ccc(C#N)c(F)c3)c(F)cc21.Cl.Cl. The second-order valence-electron chi connectivity index (χ2n) is 12.1. The Hall–Kier alpha value is -3.06. The van der Waals surface area contributed by atoms with E-state index >= 15 is 4.39 Å². The van der Waals surface area contributed by atoms with E-state index in [1.807, 2.05) is 24.3 Å². The van der Waals surface area contributed by atoms with Crippen molar-refractivity contribution < 1.29 is 13.9 Å². The summed E-state index contributed by atoms with van der Waals surface area (Å²) < 4.78 is 32.1. The molecule has 0 bridgehead atoms. The molecule has 0 atom stereocenters. The van der Waals surface area contributed by atoms with Gasteiger partial charge in [0.1, 0.15) is 17.7 Å². The first-order valence-electron chi connectivity index (χ1n) is 13.8. The van der Waals surface area contributed by atoms with Gasteiger partial charge in [-0.05, 0) is 79.8 Å². The van der Waals surface area contributed by atoms with Crippen molar-refractivity contribution in [2.24, 2.45) is 5.41 Å². The van der Waals surface area contributed by atoms with Gasteiger partial charge < -0.3 is 10.4 Å². The summed E-state index contributed by atoms with van der Waals surface area (Å²) in [5.74, 6) is -1.03. The van der Waals surface area contributed by atoms with Crippen molar-refractivity contribution in [3.8, 4) is 28.3 Å². The molecule has 0 saturated carbocycles. The first kappa shape index (κ1) is 31.9. The number of nitriles is 1. The molecule has 3 heterocycles. The van der Waals surface area contributed by atoms with E-state index in [0.717, 1.165) is 43.7 Å². The van der Waals surface area contributed by atoms with E-state index in [9.17, 15) is 14.8 Å². The summed E-state index contributed by atoms with van der Waals surface area (Å²) in [7, 11) is 0. The van der Waals surface area contributed by atoms with Gasteiger partial charge in [0.25, 0.3) is 0 Å². The average Bonchev–Trinajstić information content (AvgIpc) is 3.27. The highest BCUT2D eigenvalue weighted by Gasteiger charge is 2.43. The lowest BCUT2D eigenvalue weighted by atomic mass is 9.74. The monoisotopic (exact) mass is 613 g/mol. The summed E-state index contributed by atoms with van der Waals surface area (Å²) in [5.41, 5.74) is 3.32. The van der Waals surface area contributed by atoms with Crippen LogP contribution >= 0.6 is 24.8 Å². The molecule has 2 fully saturated rings. The maximum atomic E-state index is 15.7. The molecule has 2 saturated heterocycles. The summed E-state index contributed by atoms with van der Waals surface area (Å²) in [6, 6.07) is 15.6. The second-order valence-corrected chi connectivity index (χ2v) is 12.1. The van der Waals surface area contributed by atoms with Crippen LogP contribution < -0.4 is 5.32 Å². The third kappa shape index (κ3) is 6.31. The van der Waals surface area contributed by atoms with Crippen LogP contribution in [0.4, 0.5) is 8.78 Å². The van der Waals surface area contributed by atoms with E-state index in [-0.39, 0.29) is 36.9 Å². The van der Waals surface area contributed by atoms with Gasteiger partial charge in [-0.25, -0.2) is 8.78 Å². The molecule has 10 heteroatoms. The molecule has 1 aromatic heterocycles. The Labute approximate surface area is 257 Å². The molecule has 2 aliphatic rings. The number of aliphatic hydroxyl groups is 1. The molecule has 0 unspecified atom stereocenters. The maximum absolute atomic E-state index is 15.7. The first-order chi connectivity index (χ1) is 19.1. The maximum Gasteiger partial charge on any atom is 0.141 e. The molecular weight excluding hydrogens is 579 g/mol. The van der Waals surface area contributed by atoms with Crippen LogP contribution in [0.2, 0.25) is 0 Å². The predicted octanol–water partition coefficient (Wildman–Crippen LogP) is 6.32. The van der Waals surface area contributed by atoms with Crippen molar-refractivity contribution in [1.82, 2.24) is 20.0 Å². The molecular formula is C32H35Cl2F2N5O. The van der Waals surface area contributed by atoms with E-state index in [4.69, 9.17) is 0 Å². The lowest BCUT2D eigenvalue weighted by Crippen LogP contribution is -2.61.